The lowest BCUT2D eigenvalue weighted by Crippen LogP contribution is -2.26. The summed E-state index contributed by atoms with van der Waals surface area (Å²) < 4.78 is 25.2. The molecule has 0 unspecified atom stereocenters. The standard InChI is InChI=1S/C25H23N3O3S/c1-27(25(29)20-13-15-23(16-14-20)32(2,30)31)17-21-18-28(22-11-7-4-8-12-22)26-24(21)19-9-5-3-6-10-19/h3-16,18H,17H2,1-2H3. The van der Waals surface area contributed by atoms with E-state index in [1.807, 2.05) is 71.5 Å². The minimum absolute atomic E-state index is 0.187. The van der Waals surface area contributed by atoms with Gasteiger partial charge in [0.1, 0.15) is 0 Å². The van der Waals surface area contributed by atoms with Gasteiger partial charge in [-0.15, -0.1) is 0 Å². The summed E-state index contributed by atoms with van der Waals surface area (Å²) in [5.74, 6) is -0.198. The zero-order valence-corrected chi connectivity index (χ0v) is 18.7. The molecule has 0 aliphatic carbocycles. The van der Waals surface area contributed by atoms with Crippen molar-refractivity contribution in [3.63, 3.8) is 0 Å². The van der Waals surface area contributed by atoms with Crippen LogP contribution in [-0.4, -0.2) is 42.3 Å². The maximum absolute atomic E-state index is 13.0. The molecule has 0 aliphatic heterocycles. The first-order valence-corrected chi connectivity index (χ1v) is 12.0. The summed E-state index contributed by atoms with van der Waals surface area (Å²) in [5.41, 5.74) is 4.04. The first-order chi connectivity index (χ1) is 15.3. The van der Waals surface area contributed by atoms with Crippen molar-refractivity contribution in [2.45, 2.75) is 11.4 Å². The van der Waals surface area contributed by atoms with Crippen LogP contribution < -0.4 is 0 Å². The van der Waals surface area contributed by atoms with Crippen molar-refractivity contribution in [2.24, 2.45) is 0 Å². The number of hydrogen-bond donors (Lipinski definition) is 0. The van der Waals surface area contributed by atoms with Crippen molar-refractivity contribution >= 4 is 15.7 Å². The van der Waals surface area contributed by atoms with Crippen molar-refractivity contribution in [3.05, 3.63) is 102 Å². The molecule has 1 amide bonds. The first-order valence-electron chi connectivity index (χ1n) is 10.1. The van der Waals surface area contributed by atoms with Crippen LogP contribution in [0.2, 0.25) is 0 Å². The highest BCUT2D eigenvalue weighted by atomic mass is 32.2. The molecule has 0 fully saturated rings. The molecule has 6 nitrogen and oxygen atoms in total. The highest BCUT2D eigenvalue weighted by molar-refractivity contribution is 7.90. The van der Waals surface area contributed by atoms with Gasteiger partial charge in [-0.25, -0.2) is 13.1 Å². The van der Waals surface area contributed by atoms with Gasteiger partial charge in [0.05, 0.1) is 16.3 Å². The quantitative estimate of drug-likeness (QED) is 0.446. The number of carbonyl (C=O) groups excluding carboxylic acids is 1. The first kappa shape index (κ1) is 21.5. The summed E-state index contributed by atoms with van der Waals surface area (Å²) in [7, 11) is -1.59. The highest BCUT2D eigenvalue weighted by Gasteiger charge is 2.18. The summed E-state index contributed by atoms with van der Waals surface area (Å²) in [6, 6.07) is 25.7. The third kappa shape index (κ3) is 4.63. The second kappa shape index (κ2) is 8.80. The van der Waals surface area contributed by atoms with Crippen LogP contribution in [0.1, 0.15) is 15.9 Å². The topological polar surface area (TPSA) is 72.3 Å². The van der Waals surface area contributed by atoms with Crippen molar-refractivity contribution in [3.8, 4) is 16.9 Å². The largest absolute Gasteiger partial charge is 0.337 e. The van der Waals surface area contributed by atoms with Gasteiger partial charge in [-0.3, -0.25) is 4.79 Å². The molecule has 0 saturated heterocycles. The molecule has 0 atom stereocenters. The Morgan fingerprint density at radius 2 is 1.50 bits per heavy atom. The van der Waals surface area contributed by atoms with Crippen LogP contribution >= 0.6 is 0 Å². The van der Waals surface area contributed by atoms with E-state index in [4.69, 9.17) is 5.10 Å². The molecule has 4 aromatic rings. The van der Waals surface area contributed by atoms with Gasteiger partial charge in [0.25, 0.3) is 5.91 Å². The number of benzene rings is 3. The number of amides is 1. The van der Waals surface area contributed by atoms with Gasteiger partial charge in [0, 0.05) is 42.7 Å². The Morgan fingerprint density at radius 1 is 0.906 bits per heavy atom. The summed E-state index contributed by atoms with van der Waals surface area (Å²) in [6.07, 6.45) is 3.08. The number of nitrogens with zero attached hydrogens (tertiary/aromatic N) is 3. The molecule has 32 heavy (non-hydrogen) atoms. The van der Waals surface area contributed by atoms with Gasteiger partial charge < -0.3 is 4.90 Å². The summed E-state index contributed by atoms with van der Waals surface area (Å²) in [4.78, 5) is 14.8. The summed E-state index contributed by atoms with van der Waals surface area (Å²) >= 11 is 0. The SMILES string of the molecule is CN(Cc1cn(-c2ccccc2)nc1-c1ccccc1)C(=O)c1ccc(S(C)(=O)=O)cc1. The Bertz CT molecular complexity index is 1330. The predicted octanol–water partition coefficient (Wildman–Crippen LogP) is 4.22. The lowest BCUT2D eigenvalue weighted by atomic mass is 10.1. The molecule has 4 rings (SSSR count). The molecule has 0 N–H and O–H groups in total. The van der Waals surface area contributed by atoms with Gasteiger partial charge in [0.15, 0.2) is 9.84 Å². The fourth-order valence-electron chi connectivity index (χ4n) is 3.47. The van der Waals surface area contributed by atoms with E-state index < -0.39 is 9.84 Å². The molecule has 0 aliphatic rings. The number of carbonyl (C=O) groups is 1. The average molecular weight is 446 g/mol. The molecule has 3 aromatic carbocycles. The van der Waals surface area contributed by atoms with Crippen LogP contribution in [0.25, 0.3) is 16.9 Å². The smallest absolute Gasteiger partial charge is 0.253 e. The van der Waals surface area contributed by atoms with E-state index in [0.717, 1.165) is 28.8 Å². The van der Waals surface area contributed by atoms with Crippen LogP contribution in [0.15, 0.2) is 96.0 Å². The van der Waals surface area contributed by atoms with Crippen LogP contribution in [0.3, 0.4) is 0 Å². The number of hydrogen-bond acceptors (Lipinski definition) is 4. The maximum atomic E-state index is 13.0. The molecular formula is C25H23N3O3S. The van der Waals surface area contributed by atoms with E-state index in [1.165, 1.54) is 12.1 Å². The van der Waals surface area contributed by atoms with Gasteiger partial charge in [-0.2, -0.15) is 5.10 Å². The monoisotopic (exact) mass is 445 g/mol. The zero-order chi connectivity index (χ0) is 22.7. The fourth-order valence-corrected chi connectivity index (χ4v) is 4.10. The Labute approximate surface area is 187 Å². The zero-order valence-electron chi connectivity index (χ0n) is 17.8. The second-order valence-corrected chi connectivity index (χ2v) is 9.62. The van der Waals surface area contributed by atoms with Crippen molar-refractivity contribution in [1.82, 2.24) is 14.7 Å². The number of para-hydroxylation sites is 1. The van der Waals surface area contributed by atoms with Crippen molar-refractivity contribution in [2.75, 3.05) is 13.3 Å². The van der Waals surface area contributed by atoms with Gasteiger partial charge >= 0.3 is 0 Å². The minimum atomic E-state index is -3.31. The van der Waals surface area contributed by atoms with E-state index in [1.54, 1.807) is 24.1 Å². The van der Waals surface area contributed by atoms with Gasteiger partial charge in [-0.1, -0.05) is 48.5 Å². The lowest BCUT2D eigenvalue weighted by Gasteiger charge is -2.17. The Balaban J connectivity index is 1.64. The molecule has 1 aromatic heterocycles. The van der Waals surface area contributed by atoms with E-state index in [2.05, 4.69) is 0 Å². The van der Waals surface area contributed by atoms with Gasteiger partial charge in [-0.05, 0) is 36.4 Å². The maximum Gasteiger partial charge on any atom is 0.253 e. The molecule has 162 valence electrons. The van der Waals surface area contributed by atoms with Crippen LogP contribution in [0.5, 0.6) is 0 Å². The number of rotatable bonds is 6. The van der Waals surface area contributed by atoms with Gasteiger partial charge in [0.2, 0.25) is 0 Å². The predicted molar refractivity (Wildman–Crippen MR) is 124 cm³/mol. The van der Waals surface area contributed by atoms with Crippen LogP contribution in [0.4, 0.5) is 0 Å². The third-order valence-corrected chi connectivity index (χ3v) is 6.27. The molecule has 7 heteroatoms. The molecule has 0 spiro atoms. The normalized spacial score (nSPS) is 11.3. The molecule has 0 radical (unpaired) electrons. The molecular weight excluding hydrogens is 422 g/mol. The van der Waals surface area contributed by atoms with Crippen LogP contribution in [0, 0.1) is 0 Å². The Morgan fingerprint density at radius 3 is 2.09 bits per heavy atom. The van der Waals surface area contributed by atoms with Crippen molar-refractivity contribution in [1.29, 1.82) is 0 Å². The molecule has 1 heterocycles. The van der Waals surface area contributed by atoms with Crippen LogP contribution in [-0.2, 0) is 16.4 Å². The third-order valence-electron chi connectivity index (χ3n) is 5.14. The number of aromatic nitrogens is 2. The minimum Gasteiger partial charge on any atom is -0.337 e. The van der Waals surface area contributed by atoms with E-state index >= 15 is 0 Å². The molecule has 0 bridgehead atoms. The molecule has 0 saturated carbocycles. The van der Waals surface area contributed by atoms with Crippen molar-refractivity contribution < 1.29 is 13.2 Å². The van der Waals surface area contributed by atoms with E-state index in [0.29, 0.717) is 12.1 Å². The fraction of sp³-hybridized carbons (Fsp3) is 0.120. The Hall–Kier alpha value is -3.71. The summed E-state index contributed by atoms with van der Waals surface area (Å²) in [5, 5.41) is 4.79. The van der Waals surface area contributed by atoms with E-state index in [9.17, 15) is 13.2 Å². The van der Waals surface area contributed by atoms with E-state index in [-0.39, 0.29) is 10.8 Å². The second-order valence-electron chi connectivity index (χ2n) is 7.61. The average Bonchev–Trinajstić information content (AvgIpc) is 3.23. The number of sulfone groups is 1. The Kier molecular flexibility index (Phi) is 5.92. The highest BCUT2D eigenvalue weighted by Crippen LogP contribution is 2.25. The lowest BCUT2D eigenvalue weighted by molar-refractivity contribution is 0.0785. The summed E-state index contributed by atoms with van der Waals surface area (Å²) in [6.45, 7) is 0.351.